The van der Waals surface area contributed by atoms with Crippen molar-refractivity contribution in [3.63, 3.8) is 0 Å². The first kappa shape index (κ1) is 19.5. The summed E-state index contributed by atoms with van der Waals surface area (Å²) in [5, 5.41) is 6.69. The van der Waals surface area contributed by atoms with E-state index in [-0.39, 0.29) is 23.3 Å². The van der Waals surface area contributed by atoms with Crippen LogP contribution in [0.2, 0.25) is 5.02 Å². The third kappa shape index (κ3) is 4.17. The average molecular weight is 402 g/mol. The second kappa shape index (κ2) is 8.18. The summed E-state index contributed by atoms with van der Waals surface area (Å²) in [6.07, 6.45) is 2.96. The molecule has 9 heteroatoms. The van der Waals surface area contributed by atoms with Gasteiger partial charge in [-0.2, -0.15) is 5.10 Å². The van der Waals surface area contributed by atoms with Gasteiger partial charge in [0.2, 0.25) is 11.8 Å². The van der Waals surface area contributed by atoms with E-state index in [1.165, 1.54) is 30.2 Å². The van der Waals surface area contributed by atoms with Gasteiger partial charge in [-0.05, 0) is 17.7 Å². The van der Waals surface area contributed by atoms with Crippen LogP contribution in [0.3, 0.4) is 0 Å². The van der Waals surface area contributed by atoms with Crippen LogP contribution in [0.5, 0.6) is 0 Å². The molecule has 0 unspecified atom stereocenters. The number of hydrogen-bond acceptors (Lipinski definition) is 4. The largest absolute Gasteiger partial charge is 0.326 e. The number of pyridine rings is 1. The van der Waals surface area contributed by atoms with Crippen molar-refractivity contribution >= 4 is 40.7 Å². The van der Waals surface area contributed by atoms with E-state index in [2.05, 4.69) is 15.4 Å². The molecule has 0 bridgehead atoms. The smallest absolute Gasteiger partial charge is 0.230 e. The van der Waals surface area contributed by atoms with Crippen LogP contribution in [0.1, 0.15) is 12.5 Å². The first-order valence-electron chi connectivity index (χ1n) is 8.34. The van der Waals surface area contributed by atoms with Crippen molar-refractivity contribution in [1.82, 2.24) is 14.8 Å². The van der Waals surface area contributed by atoms with E-state index in [4.69, 9.17) is 11.6 Å². The fourth-order valence-electron chi connectivity index (χ4n) is 2.71. The zero-order valence-corrected chi connectivity index (χ0v) is 15.9. The molecule has 3 rings (SSSR count). The predicted molar refractivity (Wildman–Crippen MR) is 104 cm³/mol. The molecule has 2 amide bonds. The van der Waals surface area contributed by atoms with Gasteiger partial charge >= 0.3 is 0 Å². The standard InChI is InChI=1S/C19H17ClFN5O2/c1-12(27)26(18-7-9-23-25(18)2)16-11-14(6-8-22-16)24-17(28)10-13-4-3-5-15(21)19(13)20/h3-9,11H,10H2,1-2H3,(H,22,24,28). The zero-order valence-electron chi connectivity index (χ0n) is 15.2. The van der Waals surface area contributed by atoms with Gasteiger partial charge in [0.25, 0.3) is 0 Å². The Kier molecular flexibility index (Phi) is 5.70. The lowest BCUT2D eigenvalue weighted by molar-refractivity contribution is -0.116. The van der Waals surface area contributed by atoms with Crippen molar-refractivity contribution in [3.8, 4) is 0 Å². The summed E-state index contributed by atoms with van der Waals surface area (Å²) < 4.78 is 15.1. The number of hydrogen-bond donors (Lipinski definition) is 1. The molecule has 0 fully saturated rings. The highest BCUT2D eigenvalue weighted by atomic mass is 35.5. The molecular weight excluding hydrogens is 385 g/mol. The summed E-state index contributed by atoms with van der Waals surface area (Å²) >= 11 is 5.90. The van der Waals surface area contributed by atoms with Gasteiger partial charge in [-0.25, -0.2) is 14.3 Å². The topological polar surface area (TPSA) is 80.1 Å². The maximum absolute atomic E-state index is 13.5. The molecule has 1 aromatic carbocycles. The molecule has 7 nitrogen and oxygen atoms in total. The number of rotatable bonds is 5. The zero-order chi connectivity index (χ0) is 20.3. The molecule has 144 valence electrons. The molecule has 0 spiro atoms. The number of halogens is 2. The molecule has 2 aromatic heterocycles. The quantitative estimate of drug-likeness (QED) is 0.709. The molecule has 1 N–H and O–H groups in total. The minimum absolute atomic E-state index is 0.0768. The monoisotopic (exact) mass is 401 g/mol. The van der Waals surface area contributed by atoms with Crippen LogP contribution in [0.25, 0.3) is 0 Å². The van der Waals surface area contributed by atoms with Crippen LogP contribution in [-0.4, -0.2) is 26.6 Å². The Hall–Kier alpha value is -3.26. The molecule has 2 heterocycles. The van der Waals surface area contributed by atoms with Gasteiger partial charge in [0.05, 0.1) is 17.6 Å². The van der Waals surface area contributed by atoms with Gasteiger partial charge in [0.15, 0.2) is 0 Å². The minimum Gasteiger partial charge on any atom is -0.326 e. The minimum atomic E-state index is -0.577. The number of nitrogens with one attached hydrogen (secondary N) is 1. The lowest BCUT2D eigenvalue weighted by Gasteiger charge is -2.20. The number of aryl methyl sites for hydroxylation is 1. The Labute approximate surface area is 165 Å². The van der Waals surface area contributed by atoms with E-state index in [1.807, 2.05) is 0 Å². The molecule has 0 aliphatic heterocycles. The van der Waals surface area contributed by atoms with Crippen molar-refractivity contribution in [2.75, 3.05) is 10.2 Å². The number of aromatic nitrogens is 3. The number of benzene rings is 1. The average Bonchev–Trinajstić information content (AvgIpc) is 3.05. The van der Waals surface area contributed by atoms with Crippen LogP contribution >= 0.6 is 11.6 Å². The van der Waals surface area contributed by atoms with Crippen molar-refractivity contribution in [1.29, 1.82) is 0 Å². The SMILES string of the molecule is CC(=O)N(c1cc(NC(=O)Cc2cccc(F)c2Cl)ccn1)c1ccnn1C. The fourth-order valence-corrected chi connectivity index (χ4v) is 2.90. The van der Waals surface area contributed by atoms with E-state index in [0.717, 1.165) is 0 Å². The van der Waals surface area contributed by atoms with Gasteiger partial charge in [-0.15, -0.1) is 0 Å². The highest BCUT2D eigenvalue weighted by Crippen LogP contribution is 2.25. The molecule has 0 aliphatic carbocycles. The summed E-state index contributed by atoms with van der Waals surface area (Å²) in [6, 6.07) is 9.15. The van der Waals surface area contributed by atoms with Crippen LogP contribution in [0, 0.1) is 5.82 Å². The summed E-state index contributed by atoms with van der Waals surface area (Å²) in [5.41, 5.74) is 0.824. The number of amides is 2. The summed E-state index contributed by atoms with van der Waals surface area (Å²) in [4.78, 5) is 30.1. The van der Waals surface area contributed by atoms with Crippen molar-refractivity contribution in [2.45, 2.75) is 13.3 Å². The van der Waals surface area contributed by atoms with Crippen LogP contribution < -0.4 is 10.2 Å². The van der Waals surface area contributed by atoms with E-state index in [9.17, 15) is 14.0 Å². The molecule has 0 saturated heterocycles. The van der Waals surface area contributed by atoms with Gasteiger partial charge in [0.1, 0.15) is 17.5 Å². The summed E-state index contributed by atoms with van der Waals surface area (Å²) in [7, 11) is 1.71. The number of anilines is 3. The Bertz CT molecular complexity index is 1040. The Balaban J connectivity index is 1.81. The molecule has 0 atom stereocenters. The number of carbonyl (C=O) groups excluding carboxylic acids is 2. The van der Waals surface area contributed by atoms with Crippen LogP contribution in [-0.2, 0) is 23.1 Å². The Morgan fingerprint density at radius 1 is 1.25 bits per heavy atom. The second-order valence-corrected chi connectivity index (χ2v) is 6.39. The normalized spacial score (nSPS) is 10.6. The van der Waals surface area contributed by atoms with Gasteiger partial charge in [-0.1, -0.05) is 23.7 Å². The van der Waals surface area contributed by atoms with Crippen LogP contribution in [0.15, 0.2) is 48.8 Å². The van der Waals surface area contributed by atoms with E-state index >= 15 is 0 Å². The maximum atomic E-state index is 13.5. The molecule has 28 heavy (non-hydrogen) atoms. The van der Waals surface area contributed by atoms with Gasteiger partial charge in [-0.3, -0.25) is 14.3 Å². The predicted octanol–water partition coefficient (Wildman–Crippen LogP) is 3.47. The van der Waals surface area contributed by atoms with Gasteiger partial charge < -0.3 is 5.32 Å². The van der Waals surface area contributed by atoms with Gasteiger partial charge in [0, 0.05) is 38.0 Å². The first-order chi connectivity index (χ1) is 13.4. The lowest BCUT2D eigenvalue weighted by atomic mass is 10.1. The Morgan fingerprint density at radius 2 is 2.04 bits per heavy atom. The highest BCUT2D eigenvalue weighted by molar-refractivity contribution is 6.31. The lowest BCUT2D eigenvalue weighted by Crippen LogP contribution is -2.26. The van der Waals surface area contributed by atoms with E-state index < -0.39 is 5.82 Å². The Morgan fingerprint density at radius 3 is 2.71 bits per heavy atom. The summed E-state index contributed by atoms with van der Waals surface area (Å²) in [5.74, 6) is -0.343. The van der Waals surface area contributed by atoms with Crippen molar-refractivity contribution < 1.29 is 14.0 Å². The summed E-state index contributed by atoms with van der Waals surface area (Å²) in [6.45, 7) is 1.41. The maximum Gasteiger partial charge on any atom is 0.230 e. The third-order valence-corrected chi connectivity index (χ3v) is 4.40. The van der Waals surface area contributed by atoms with E-state index in [1.54, 1.807) is 42.2 Å². The molecule has 3 aromatic rings. The first-order valence-corrected chi connectivity index (χ1v) is 8.72. The van der Waals surface area contributed by atoms with Crippen molar-refractivity contribution in [2.24, 2.45) is 7.05 Å². The highest BCUT2D eigenvalue weighted by Gasteiger charge is 2.19. The molecular formula is C19H17ClFN5O2. The third-order valence-electron chi connectivity index (χ3n) is 3.98. The fraction of sp³-hybridized carbons (Fsp3) is 0.158. The molecule has 0 saturated carbocycles. The molecule has 0 aliphatic rings. The van der Waals surface area contributed by atoms with E-state index in [0.29, 0.717) is 22.9 Å². The second-order valence-electron chi connectivity index (χ2n) is 6.01. The molecule has 0 radical (unpaired) electrons. The number of carbonyl (C=O) groups is 2. The van der Waals surface area contributed by atoms with Crippen molar-refractivity contribution in [3.05, 3.63) is 65.2 Å². The van der Waals surface area contributed by atoms with Crippen LogP contribution in [0.4, 0.5) is 21.7 Å². The number of nitrogens with zero attached hydrogens (tertiary/aromatic N) is 4.